The predicted octanol–water partition coefficient (Wildman–Crippen LogP) is 7.37. The minimum atomic E-state index is -0.918. The van der Waals surface area contributed by atoms with Gasteiger partial charge in [0.15, 0.2) is 0 Å². The van der Waals surface area contributed by atoms with E-state index in [1.165, 1.54) is 20.9 Å². The number of carbonyl (C=O) groups is 1. The molecule has 1 heterocycles. The number of nitrogens with zero attached hydrogens (tertiary/aromatic N) is 1. The van der Waals surface area contributed by atoms with Crippen LogP contribution in [-0.2, 0) is 10.8 Å². The quantitative estimate of drug-likeness (QED) is 0.353. The summed E-state index contributed by atoms with van der Waals surface area (Å²) in [6.07, 6.45) is 2.28. The second-order valence-electron chi connectivity index (χ2n) is 10.0. The van der Waals surface area contributed by atoms with Gasteiger partial charge in [0.1, 0.15) is 0 Å². The Bertz CT molecular complexity index is 1270. The van der Waals surface area contributed by atoms with Crippen molar-refractivity contribution in [1.29, 1.82) is 0 Å². The Kier molecular flexibility index (Phi) is 4.82. The molecule has 162 valence electrons. The first kappa shape index (κ1) is 21.0. The van der Waals surface area contributed by atoms with Crippen molar-refractivity contribution in [2.45, 2.75) is 61.2 Å². The molecule has 5 rings (SSSR count). The van der Waals surface area contributed by atoms with Crippen LogP contribution in [0, 0.1) is 0 Å². The zero-order valence-electron chi connectivity index (χ0n) is 18.9. The first-order valence-corrected chi connectivity index (χ1v) is 11.9. The molecule has 0 amide bonds. The Balaban J connectivity index is 1.80. The lowest BCUT2D eigenvalue weighted by Crippen LogP contribution is -2.34. The summed E-state index contributed by atoms with van der Waals surface area (Å²) in [6.45, 7) is 9.34. The van der Waals surface area contributed by atoms with Crippen LogP contribution in [0.4, 0.5) is 5.69 Å². The van der Waals surface area contributed by atoms with Gasteiger partial charge in [-0.1, -0.05) is 75.9 Å². The van der Waals surface area contributed by atoms with Crippen LogP contribution < -0.4 is 0 Å². The summed E-state index contributed by atoms with van der Waals surface area (Å²) < 4.78 is 0. The Hall–Kier alpha value is -2.85. The molecule has 0 saturated carbocycles. The summed E-state index contributed by atoms with van der Waals surface area (Å²) in [5.74, 6) is -0.918. The lowest BCUT2D eigenvalue weighted by molar-refractivity contribution is 0.0697. The van der Waals surface area contributed by atoms with Gasteiger partial charge in [-0.2, -0.15) is 0 Å². The molecule has 3 nitrogen and oxygen atoms in total. The summed E-state index contributed by atoms with van der Waals surface area (Å²) in [6, 6.07) is 20.0. The molecule has 2 aliphatic rings. The molecule has 3 aromatic rings. The molecule has 32 heavy (non-hydrogen) atoms. The molecule has 1 aliphatic carbocycles. The fraction of sp³-hybridized carbons (Fsp3) is 0.286. The highest BCUT2D eigenvalue weighted by Gasteiger charge is 2.40. The number of rotatable bonds is 2. The highest BCUT2D eigenvalue weighted by Crippen LogP contribution is 2.53. The highest BCUT2D eigenvalue weighted by atomic mass is 32.2. The normalized spacial score (nSPS) is 17.9. The van der Waals surface area contributed by atoms with Crippen LogP contribution in [-0.4, -0.2) is 16.8 Å². The van der Waals surface area contributed by atoms with E-state index < -0.39 is 5.97 Å². The first-order valence-electron chi connectivity index (χ1n) is 11.0. The average molecular weight is 442 g/mol. The van der Waals surface area contributed by atoms with E-state index in [0.29, 0.717) is 0 Å². The van der Waals surface area contributed by atoms with Crippen molar-refractivity contribution in [2.24, 2.45) is 4.99 Å². The Morgan fingerprint density at radius 2 is 1.56 bits per heavy atom. The van der Waals surface area contributed by atoms with Gasteiger partial charge in [0.25, 0.3) is 0 Å². The Morgan fingerprint density at radius 1 is 0.875 bits per heavy atom. The average Bonchev–Trinajstić information content (AvgIpc) is 2.93. The number of hydrogen-bond donors (Lipinski definition) is 1. The van der Waals surface area contributed by atoms with E-state index in [0.717, 1.165) is 35.4 Å². The molecule has 0 fully saturated rings. The van der Waals surface area contributed by atoms with Crippen molar-refractivity contribution < 1.29 is 9.90 Å². The third-order valence-corrected chi connectivity index (χ3v) is 8.04. The summed E-state index contributed by atoms with van der Waals surface area (Å²) >= 11 is 1.77. The van der Waals surface area contributed by atoms with Crippen LogP contribution in [0.3, 0.4) is 0 Å². The number of aromatic carboxylic acids is 1. The van der Waals surface area contributed by atoms with Gasteiger partial charge in [-0.25, -0.2) is 9.79 Å². The van der Waals surface area contributed by atoms with E-state index in [1.807, 2.05) is 18.2 Å². The third kappa shape index (κ3) is 3.38. The van der Waals surface area contributed by atoms with Gasteiger partial charge in [-0.15, -0.1) is 0 Å². The van der Waals surface area contributed by atoms with Crippen LogP contribution >= 0.6 is 11.8 Å². The molecular weight excluding hydrogens is 414 g/mol. The van der Waals surface area contributed by atoms with Gasteiger partial charge in [0.2, 0.25) is 0 Å². The fourth-order valence-corrected chi connectivity index (χ4v) is 5.97. The van der Waals surface area contributed by atoms with Crippen molar-refractivity contribution in [3.63, 3.8) is 0 Å². The molecule has 3 aromatic carbocycles. The molecule has 0 unspecified atom stereocenters. The molecule has 1 aliphatic heterocycles. The number of fused-ring (bicyclic) bond motifs is 4. The summed E-state index contributed by atoms with van der Waals surface area (Å²) in [4.78, 5) is 19.1. The maximum absolute atomic E-state index is 11.4. The SMILES string of the molecule is CC1(C)CCC(C)(C)c2c1ccc1c2N=C(c2ccc(C(=O)O)cc2)c2ccccc2S1. The van der Waals surface area contributed by atoms with Gasteiger partial charge >= 0.3 is 5.97 Å². The second kappa shape index (κ2) is 7.35. The van der Waals surface area contributed by atoms with Crippen LogP contribution in [0.5, 0.6) is 0 Å². The Morgan fingerprint density at radius 3 is 2.28 bits per heavy atom. The van der Waals surface area contributed by atoms with Gasteiger partial charge in [0.05, 0.1) is 17.0 Å². The summed E-state index contributed by atoms with van der Waals surface area (Å²) in [5, 5.41) is 9.32. The molecule has 0 atom stereocenters. The molecule has 0 bridgehead atoms. The topological polar surface area (TPSA) is 49.7 Å². The smallest absolute Gasteiger partial charge is 0.335 e. The molecule has 0 radical (unpaired) electrons. The lowest BCUT2D eigenvalue weighted by atomic mass is 9.62. The maximum atomic E-state index is 11.4. The largest absolute Gasteiger partial charge is 0.478 e. The van der Waals surface area contributed by atoms with Crippen LogP contribution in [0.25, 0.3) is 0 Å². The fourth-order valence-electron chi connectivity index (χ4n) is 4.93. The molecule has 1 N–H and O–H groups in total. The molecule has 0 aromatic heterocycles. The number of aliphatic imine (C=N–C) groups is 1. The van der Waals surface area contributed by atoms with E-state index >= 15 is 0 Å². The van der Waals surface area contributed by atoms with Crippen molar-refractivity contribution in [3.05, 3.63) is 88.5 Å². The monoisotopic (exact) mass is 441 g/mol. The van der Waals surface area contributed by atoms with Crippen LogP contribution in [0.15, 0.2) is 75.4 Å². The maximum Gasteiger partial charge on any atom is 0.335 e. The highest BCUT2D eigenvalue weighted by molar-refractivity contribution is 7.99. The minimum Gasteiger partial charge on any atom is -0.478 e. The van der Waals surface area contributed by atoms with E-state index in [1.54, 1.807) is 23.9 Å². The predicted molar refractivity (Wildman–Crippen MR) is 131 cm³/mol. The first-order chi connectivity index (χ1) is 15.2. The second-order valence-corrected chi connectivity index (χ2v) is 11.1. The molecule has 0 saturated heterocycles. The minimum absolute atomic E-state index is 0.0368. The van der Waals surface area contributed by atoms with E-state index in [2.05, 4.69) is 58.0 Å². The summed E-state index contributed by atoms with van der Waals surface area (Å²) in [5.41, 5.74) is 7.16. The number of carboxylic acid groups (broad SMARTS) is 1. The van der Waals surface area contributed by atoms with Crippen molar-refractivity contribution in [1.82, 2.24) is 0 Å². The standard InChI is InChI=1S/C28H27NO2S/c1-27(2)15-16-28(3,4)23-20(27)13-14-22-25(23)29-24(19-7-5-6-8-21(19)32-22)17-9-11-18(12-10-17)26(30)31/h5-14H,15-16H2,1-4H3,(H,30,31). The van der Waals surface area contributed by atoms with Gasteiger partial charge < -0.3 is 5.11 Å². The molecule has 4 heteroatoms. The van der Waals surface area contributed by atoms with Crippen molar-refractivity contribution >= 4 is 29.1 Å². The van der Waals surface area contributed by atoms with Gasteiger partial charge in [-0.3, -0.25) is 0 Å². The Labute approximate surface area is 193 Å². The lowest BCUT2D eigenvalue weighted by Gasteiger charge is -2.42. The number of benzene rings is 3. The van der Waals surface area contributed by atoms with Crippen molar-refractivity contribution in [3.8, 4) is 0 Å². The zero-order valence-corrected chi connectivity index (χ0v) is 19.7. The van der Waals surface area contributed by atoms with Gasteiger partial charge in [0, 0.05) is 20.9 Å². The van der Waals surface area contributed by atoms with Crippen LogP contribution in [0.2, 0.25) is 0 Å². The zero-order chi connectivity index (χ0) is 22.7. The molecule has 0 spiro atoms. The van der Waals surface area contributed by atoms with E-state index in [-0.39, 0.29) is 16.4 Å². The third-order valence-electron chi connectivity index (χ3n) is 6.91. The van der Waals surface area contributed by atoms with E-state index in [4.69, 9.17) is 4.99 Å². The molecular formula is C28H27NO2S. The van der Waals surface area contributed by atoms with Crippen LogP contribution in [0.1, 0.15) is 73.1 Å². The number of hydrogen-bond acceptors (Lipinski definition) is 3. The summed E-state index contributed by atoms with van der Waals surface area (Å²) in [7, 11) is 0. The van der Waals surface area contributed by atoms with Crippen molar-refractivity contribution in [2.75, 3.05) is 0 Å². The van der Waals surface area contributed by atoms with E-state index in [9.17, 15) is 9.90 Å². The number of carboxylic acids is 1. The van der Waals surface area contributed by atoms with Gasteiger partial charge in [-0.05, 0) is 59.1 Å².